The third-order valence-electron chi connectivity index (χ3n) is 2.15. The molecule has 3 N–H and O–H groups in total. The molecule has 0 aromatic carbocycles. The first kappa shape index (κ1) is 10.4. The molecule has 0 aliphatic carbocycles. The SMILES string of the molecule is NC(=NCCc1cnc[nH]1)c1ccccn1. The average Bonchev–Trinajstić information content (AvgIpc) is 2.83. The first-order valence-electron chi connectivity index (χ1n) is 5.05. The number of nitrogens with two attached hydrogens (primary N) is 1. The number of pyridine rings is 1. The summed E-state index contributed by atoms with van der Waals surface area (Å²) in [5.41, 5.74) is 7.56. The summed E-state index contributed by atoms with van der Waals surface area (Å²) in [7, 11) is 0. The van der Waals surface area contributed by atoms with Gasteiger partial charge < -0.3 is 10.7 Å². The van der Waals surface area contributed by atoms with Gasteiger partial charge in [0, 0.05) is 31.1 Å². The highest BCUT2D eigenvalue weighted by molar-refractivity contribution is 5.95. The first-order valence-corrected chi connectivity index (χ1v) is 5.05. The van der Waals surface area contributed by atoms with E-state index in [1.165, 1.54) is 0 Å². The summed E-state index contributed by atoms with van der Waals surface area (Å²) < 4.78 is 0. The van der Waals surface area contributed by atoms with Crippen LogP contribution in [0.1, 0.15) is 11.4 Å². The molecule has 0 radical (unpaired) electrons. The predicted molar refractivity (Wildman–Crippen MR) is 62.1 cm³/mol. The normalized spacial score (nSPS) is 11.6. The second-order valence-electron chi connectivity index (χ2n) is 3.31. The quantitative estimate of drug-likeness (QED) is 0.583. The van der Waals surface area contributed by atoms with Crippen LogP contribution in [0.2, 0.25) is 0 Å². The molecule has 5 heteroatoms. The molecule has 16 heavy (non-hydrogen) atoms. The van der Waals surface area contributed by atoms with Gasteiger partial charge in [-0.15, -0.1) is 0 Å². The van der Waals surface area contributed by atoms with Crippen LogP contribution in [0.25, 0.3) is 0 Å². The standard InChI is InChI=1S/C11H13N5/c12-11(10-3-1-2-5-14-10)15-6-4-9-7-13-8-16-9/h1-3,5,7-8H,4,6H2,(H2,12,15)(H,13,16). The number of hydrogen-bond donors (Lipinski definition) is 2. The van der Waals surface area contributed by atoms with Crippen LogP contribution in [0.4, 0.5) is 0 Å². The summed E-state index contributed by atoms with van der Waals surface area (Å²) in [6.45, 7) is 0.630. The molecule has 0 aliphatic heterocycles. The van der Waals surface area contributed by atoms with Crippen molar-refractivity contribution in [2.75, 3.05) is 6.54 Å². The molecule has 82 valence electrons. The second kappa shape index (κ2) is 5.06. The van der Waals surface area contributed by atoms with Crippen molar-refractivity contribution in [2.24, 2.45) is 10.7 Å². The van der Waals surface area contributed by atoms with E-state index < -0.39 is 0 Å². The number of amidine groups is 1. The summed E-state index contributed by atoms with van der Waals surface area (Å²) >= 11 is 0. The fraction of sp³-hybridized carbons (Fsp3) is 0.182. The minimum absolute atomic E-state index is 0.472. The van der Waals surface area contributed by atoms with Gasteiger partial charge in [0.25, 0.3) is 0 Å². The molecule has 0 spiro atoms. The Morgan fingerprint density at radius 3 is 3.06 bits per heavy atom. The predicted octanol–water partition coefficient (Wildman–Crippen LogP) is 0.753. The van der Waals surface area contributed by atoms with Crippen molar-refractivity contribution in [2.45, 2.75) is 6.42 Å². The maximum atomic E-state index is 5.80. The van der Waals surface area contributed by atoms with E-state index in [1.54, 1.807) is 18.7 Å². The van der Waals surface area contributed by atoms with Gasteiger partial charge in [0.2, 0.25) is 0 Å². The summed E-state index contributed by atoms with van der Waals surface area (Å²) in [4.78, 5) is 15.3. The number of nitrogens with one attached hydrogen (secondary N) is 1. The van der Waals surface area contributed by atoms with Crippen LogP contribution >= 0.6 is 0 Å². The van der Waals surface area contributed by atoms with Crippen LogP contribution in [0.5, 0.6) is 0 Å². The second-order valence-corrected chi connectivity index (χ2v) is 3.31. The zero-order valence-electron chi connectivity index (χ0n) is 8.80. The van der Waals surface area contributed by atoms with E-state index in [-0.39, 0.29) is 0 Å². The number of rotatable bonds is 4. The fourth-order valence-corrected chi connectivity index (χ4v) is 1.31. The zero-order chi connectivity index (χ0) is 11.2. The third-order valence-corrected chi connectivity index (χ3v) is 2.15. The van der Waals surface area contributed by atoms with E-state index in [0.717, 1.165) is 12.1 Å². The van der Waals surface area contributed by atoms with E-state index in [4.69, 9.17) is 5.73 Å². The van der Waals surface area contributed by atoms with E-state index in [1.807, 2.05) is 18.2 Å². The molecule has 0 amide bonds. The van der Waals surface area contributed by atoms with Crippen molar-refractivity contribution < 1.29 is 0 Å². The van der Waals surface area contributed by atoms with E-state index >= 15 is 0 Å². The van der Waals surface area contributed by atoms with E-state index in [0.29, 0.717) is 18.1 Å². The Labute approximate surface area is 93.5 Å². The molecule has 0 saturated heterocycles. The van der Waals surface area contributed by atoms with Crippen molar-refractivity contribution in [1.82, 2.24) is 15.0 Å². The lowest BCUT2D eigenvalue weighted by molar-refractivity contribution is 0.931. The lowest BCUT2D eigenvalue weighted by Crippen LogP contribution is -2.15. The molecule has 0 aliphatic rings. The molecule has 2 heterocycles. The molecular formula is C11H13N5. The maximum absolute atomic E-state index is 5.80. The summed E-state index contributed by atoms with van der Waals surface area (Å²) in [6.07, 6.45) is 5.94. The van der Waals surface area contributed by atoms with Crippen molar-refractivity contribution >= 4 is 5.84 Å². The molecule has 0 bridgehead atoms. The molecule has 2 rings (SSSR count). The third kappa shape index (κ3) is 2.66. The summed E-state index contributed by atoms with van der Waals surface area (Å²) in [5.74, 6) is 0.472. The van der Waals surface area contributed by atoms with Crippen molar-refractivity contribution in [1.29, 1.82) is 0 Å². The summed E-state index contributed by atoms with van der Waals surface area (Å²) in [5, 5.41) is 0. The van der Waals surface area contributed by atoms with Crippen molar-refractivity contribution in [3.8, 4) is 0 Å². The van der Waals surface area contributed by atoms with Gasteiger partial charge in [0.1, 0.15) is 11.5 Å². The Morgan fingerprint density at radius 1 is 1.44 bits per heavy atom. The van der Waals surface area contributed by atoms with Gasteiger partial charge in [-0.25, -0.2) is 4.98 Å². The van der Waals surface area contributed by atoms with Crippen molar-refractivity contribution in [3.63, 3.8) is 0 Å². The summed E-state index contributed by atoms with van der Waals surface area (Å²) in [6, 6.07) is 5.58. The Kier molecular flexibility index (Phi) is 3.28. The molecule has 0 unspecified atom stereocenters. The molecule has 2 aromatic rings. The highest BCUT2D eigenvalue weighted by Crippen LogP contribution is 1.95. The highest BCUT2D eigenvalue weighted by Gasteiger charge is 1.98. The van der Waals surface area contributed by atoms with Crippen LogP contribution in [-0.2, 0) is 6.42 Å². The number of nitrogens with zero attached hydrogens (tertiary/aromatic N) is 3. The van der Waals surface area contributed by atoms with Crippen LogP contribution in [0.15, 0.2) is 41.9 Å². The van der Waals surface area contributed by atoms with Crippen LogP contribution < -0.4 is 5.73 Å². The molecular weight excluding hydrogens is 202 g/mol. The van der Waals surface area contributed by atoms with Crippen LogP contribution in [-0.4, -0.2) is 27.3 Å². The lowest BCUT2D eigenvalue weighted by atomic mass is 10.3. The topological polar surface area (TPSA) is 80.0 Å². The van der Waals surface area contributed by atoms with Crippen molar-refractivity contribution in [3.05, 3.63) is 48.3 Å². The molecule has 0 saturated carbocycles. The van der Waals surface area contributed by atoms with E-state index in [2.05, 4.69) is 19.9 Å². The lowest BCUT2D eigenvalue weighted by Gasteiger charge is -1.99. The Morgan fingerprint density at radius 2 is 2.38 bits per heavy atom. The molecule has 0 fully saturated rings. The molecule has 2 aromatic heterocycles. The van der Waals surface area contributed by atoms with E-state index in [9.17, 15) is 0 Å². The zero-order valence-corrected chi connectivity index (χ0v) is 8.80. The minimum Gasteiger partial charge on any atom is -0.382 e. The number of hydrogen-bond acceptors (Lipinski definition) is 3. The van der Waals surface area contributed by atoms with Gasteiger partial charge in [-0.3, -0.25) is 9.98 Å². The van der Waals surface area contributed by atoms with Gasteiger partial charge in [-0.1, -0.05) is 6.07 Å². The van der Waals surface area contributed by atoms with Gasteiger partial charge >= 0.3 is 0 Å². The highest BCUT2D eigenvalue weighted by atomic mass is 14.9. The molecule has 0 atom stereocenters. The van der Waals surface area contributed by atoms with Gasteiger partial charge in [-0.2, -0.15) is 0 Å². The number of aromatic amines is 1. The average molecular weight is 215 g/mol. The monoisotopic (exact) mass is 215 g/mol. The maximum Gasteiger partial charge on any atom is 0.144 e. The van der Waals surface area contributed by atoms with Crippen LogP contribution in [0.3, 0.4) is 0 Å². The number of aromatic nitrogens is 3. The minimum atomic E-state index is 0.472. The Hall–Kier alpha value is -2.17. The Balaban J connectivity index is 1.93. The largest absolute Gasteiger partial charge is 0.382 e. The number of H-pyrrole nitrogens is 1. The van der Waals surface area contributed by atoms with Gasteiger partial charge in [0.15, 0.2) is 0 Å². The smallest absolute Gasteiger partial charge is 0.144 e. The van der Waals surface area contributed by atoms with Gasteiger partial charge in [-0.05, 0) is 12.1 Å². The molecule has 5 nitrogen and oxygen atoms in total. The van der Waals surface area contributed by atoms with Crippen LogP contribution in [0, 0.1) is 0 Å². The Bertz CT molecular complexity index is 446. The van der Waals surface area contributed by atoms with Gasteiger partial charge in [0.05, 0.1) is 6.33 Å². The fourth-order valence-electron chi connectivity index (χ4n) is 1.31. The first-order chi connectivity index (χ1) is 7.86. The number of aliphatic imine (C=N–C) groups is 1. The number of imidazole rings is 1.